The SMILES string of the molecule is Cc1nc(Cl)c(C)c(N(CCCO)C2CCC2)n1. The summed E-state index contributed by atoms with van der Waals surface area (Å²) >= 11 is 6.14. The number of halogens is 1. The maximum Gasteiger partial charge on any atom is 0.137 e. The molecule has 0 aromatic carbocycles. The van der Waals surface area contributed by atoms with Crippen LogP contribution in [0.1, 0.15) is 37.1 Å². The summed E-state index contributed by atoms with van der Waals surface area (Å²) in [5, 5.41) is 9.56. The standard InChI is InChI=1S/C13H20ClN3O/c1-9-12(14)15-10(2)16-13(9)17(7-4-8-18)11-5-3-6-11/h11,18H,3-8H2,1-2H3. The number of anilines is 1. The Kier molecular flexibility index (Phi) is 4.40. The van der Waals surface area contributed by atoms with Crippen molar-refractivity contribution in [1.29, 1.82) is 0 Å². The predicted molar refractivity (Wildman–Crippen MR) is 73.2 cm³/mol. The minimum Gasteiger partial charge on any atom is -0.396 e. The van der Waals surface area contributed by atoms with Crippen LogP contribution in [-0.4, -0.2) is 34.3 Å². The summed E-state index contributed by atoms with van der Waals surface area (Å²) in [6.45, 7) is 4.86. The number of aromatic nitrogens is 2. The summed E-state index contributed by atoms with van der Waals surface area (Å²) in [5.41, 5.74) is 0.937. The molecule has 0 unspecified atom stereocenters. The van der Waals surface area contributed by atoms with Crippen LogP contribution in [0.2, 0.25) is 5.15 Å². The Morgan fingerprint density at radius 2 is 2.06 bits per heavy atom. The van der Waals surface area contributed by atoms with Gasteiger partial charge in [-0.2, -0.15) is 0 Å². The van der Waals surface area contributed by atoms with E-state index in [9.17, 15) is 0 Å². The minimum absolute atomic E-state index is 0.208. The van der Waals surface area contributed by atoms with Crippen LogP contribution < -0.4 is 4.90 Å². The van der Waals surface area contributed by atoms with Gasteiger partial charge in [-0.1, -0.05) is 11.6 Å². The quantitative estimate of drug-likeness (QED) is 0.835. The van der Waals surface area contributed by atoms with Crippen LogP contribution in [0.15, 0.2) is 0 Å². The molecule has 0 radical (unpaired) electrons. The Balaban J connectivity index is 2.28. The van der Waals surface area contributed by atoms with E-state index in [1.165, 1.54) is 19.3 Å². The molecule has 0 bridgehead atoms. The zero-order valence-corrected chi connectivity index (χ0v) is 11.7. The molecule has 1 aromatic rings. The zero-order chi connectivity index (χ0) is 13.1. The van der Waals surface area contributed by atoms with Crippen LogP contribution >= 0.6 is 11.6 Å². The first kappa shape index (κ1) is 13.6. The van der Waals surface area contributed by atoms with Gasteiger partial charge in [0.05, 0.1) is 0 Å². The highest BCUT2D eigenvalue weighted by atomic mass is 35.5. The number of hydrogen-bond donors (Lipinski definition) is 1. The molecule has 1 heterocycles. The Morgan fingerprint density at radius 1 is 1.33 bits per heavy atom. The van der Waals surface area contributed by atoms with Crippen molar-refractivity contribution in [2.75, 3.05) is 18.1 Å². The van der Waals surface area contributed by atoms with Gasteiger partial charge < -0.3 is 10.0 Å². The Labute approximate surface area is 113 Å². The van der Waals surface area contributed by atoms with Crippen molar-refractivity contribution in [2.45, 2.75) is 45.6 Å². The average molecular weight is 270 g/mol. The first-order chi connectivity index (χ1) is 8.63. The van der Waals surface area contributed by atoms with E-state index in [2.05, 4.69) is 14.9 Å². The molecule has 18 heavy (non-hydrogen) atoms. The van der Waals surface area contributed by atoms with Gasteiger partial charge in [-0.15, -0.1) is 0 Å². The highest BCUT2D eigenvalue weighted by molar-refractivity contribution is 6.30. The Bertz CT molecular complexity index is 421. The molecule has 0 spiro atoms. The lowest BCUT2D eigenvalue weighted by Gasteiger charge is -2.39. The number of aliphatic hydroxyl groups excluding tert-OH is 1. The normalized spacial score (nSPS) is 15.6. The molecule has 2 rings (SSSR count). The van der Waals surface area contributed by atoms with Gasteiger partial charge in [0.2, 0.25) is 0 Å². The van der Waals surface area contributed by atoms with Crippen molar-refractivity contribution in [3.05, 3.63) is 16.5 Å². The summed E-state index contributed by atoms with van der Waals surface area (Å²) in [7, 11) is 0. The fourth-order valence-corrected chi connectivity index (χ4v) is 2.47. The summed E-state index contributed by atoms with van der Waals surface area (Å²) in [5.74, 6) is 1.64. The molecule has 4 nitrogen and oxygen atoms in total. The van der Waals surface area contributed by atoms with E-state index in [4.69, 9.17) is 16.7 Å². The molecular formula is C13H20ClN3O. The van der Waals surface area contributed by atoms with Crippen molar-refractivity contribution in [1.82, 2.24) is 9.97 Å². The topological polar surface area (TPSA) is 49.2 Å². The van der Waals surface area contributed by atoms with E-state index in [-0.39, 0.29) is 6.61 Å². The second kappa shape index (κ2) is 5.85. The number of nitrogens with zero attached hydrogens (tertiary/aromatic N) is 3. The summed E-state index contributed by atoms with van der Waals surface area (Å²) in [6, 6.07) is 0.542. The number of aliphatic hydroxyl groups is 1. The summed E-state index contributed by atoms with van der Waals surface area (Å²) < 4.78 is 0. The first-order valence-corrected chi connectivity index (χ1v) is 6.89. The van der Waals surface area contributed by atoms with Crippen LogP contribution in [0.25, 0.3) is 0 Å². The molecule has 100 valence electrons. The third-order valence-corrected chi connectivity index (χ3v) is 3.89. The molecule has 1 fully saturated rings. The molecule has 1 saturated carbocycles. The Morgan fingerprint density at radius 3 is 2.61 bits per heavy atom. The summed E-state index contributed by atoms with van der Waals surface area (Å²) in [6.07, 6.45) is 4.44. The minimum atomic E-state index is 0.208. The van der Waals surface area contributed by atoms with Crippen LogP contribution in [-0.2, 0) is 0 Å². The lowest BCUT2D eigenvalue weighted by molar-refractivity contribution is 0.282. The summed E-state index contributed by atoms with van der Waals surface area (Å²) in [4.78, 5) is 11.0. The van der Waals surface area contributed by atoms with Gasteiger partial charge in [0, 0.05) is 24.8 Å². The van der Waals surface area contributed by atoms with E-state index in [0.717, 1.165) is 24.3 Å². The number of aryl methyl sites for hydroxylation is 1. The van der Waals surface area contributed by atoms with Crippen LogP contribution in [0.5, 0.6) is 0 Å². The molecule has 5 heteroatoms. The van der Waals surface area contributed by atoms with Crippen LogP contribution in [0, 0.1) is 13.8 Å². The van der Waals surface area contributed by atoms with Gasteiger partial charge in [0.1, 0.15) is 16.8 Å². The number of rotatable bonds is 5. The highest BCUT2D eigenvalue weighted by Crippen LogP contribution is 2.32. The van der Waals surface area contributed by atoms with Gasteiger partial charge in [0.25, 0.3) is 0 Å². The average Bonchev–Trinajstić information content (AvgIpc) is 2.26. The lowest BCUT2D eigenvalue weighted by Crippen LogP contribution is -2.42. The van der Waals surface area contributed by atoms with Gasteiger partial charge in [0.15, 0.2) is 0 Å². The monoisotopic (exact) mass is 269 g/mol. The van der Waals surface area contributed by atoms with Crippen molar-refractivity contribution in [2.24, 2.45) is 0 Å². The van der Waals surface area contributed by atoms with E-state index in [0.29, 0.717) is 17.0 Å². The molecule has 1 N–H and O–H groups in total. The largest absolute Gasteiger partial charge is 0.396 e. The molecular weight excluding hydrogens is 250 g/mol. The smallest absolute Gasteiger partial charge is 0.137 e. The van der Waals surface area contributed by atoms with Crippen molar-refractivity contribution in [3.8, 4) is 0 Å². The van der Waals surface area contributed by atoms with E-state index < -0.39 is 0 Å². The molecule has 1 aromatic heterocycles. The number of hydrogen-bond acceptors (Lipinski definition) is 4. The van der Waals surface area contributed by atoms with Gasteiger partial charge in [-0.25, -0.2) is 9.97 Å². The first-order valence-electron chi connectivity index (χ1n) is 6.51. The van der Waals surface area contributed by atoms with Crippen molar-refractivity contribution < 1.29 is 5.11 Å². The fourth-order valence-electron chi connectivity index (χ4n) is 2.26. The fraction of sp³-hybridized carbons (Fsp3) is 0.692. The maximum atomic E-state index is 9.03. The molecule has 0 amide bonds. The molecule has 1 aliphatic carbocycles. The lowest BCUT2D eigenvalue weighted by atomic mass is 9.91. The van der Waals surface area contributed by atoms with E-state index >= 15 is 0 Å². The van der Waals surface area contributed by atoms with E-state index in [1.54, 1.807) is 0 Å². The van der Waals surface area contributed by atoms with Gasteiger partial charge >= 0.3 is 0 Å². The van der Waals surface area contributed by atoms with Gasteiger partial charge in [-0.3, -0.25) is 0 Å². The molecule has 1 aliphatic rings. The molecule has 0 aliphatic heterocycles. The molecule has 0 atom stereocenters. The molecule has 0 saturated heterocycles. The second-order valence-corrected chi connectivity index (χ2v) is 5.22. The van der Waals surface area contributed by atoms with E-state index in [1.807, 2.05) is 13.8 Å². The van der Waals surface area contributed by atoms with Crippen LogP contribution in [0.3, 0.4) is 0 Å². The van der Waals surface area contributed by atoms with Crippen LogP contribution in [0.4, 0.5) is 5.82 Å². The maximum absolute atomic E-state index is 9.03. The third kappa shape index (κ3) is 2.75. The van der Waals surface area contributed by atoms with Crippen molar-refractivity contribution >= 4 is 17.4 Å². The van der Waals surface area contributed by atoms with Crippen molar-refractivity contribution in [3.63, 3.8) is 0 Å². The Hall–Kier alpha value is -0.870. The zero-order valence-electron chi connectivity index (χ0n) is 11.0. The second-order valence-electron chi connectivity index (χ2n) is 4.87. The predicted octanol–water partition coefficient (Wildman–Crippen LogP) is 2.49. The van der Waals surface area contributed by atoms with Gasteiger partial charge in [-0.05, 0) is 39.5 Å². The third-order valence-electron chi connectivity index (χ3n) is 3.52. The highest BCUT2D eigenvalue weighted by Gasteiger charge is 2.27.